The quantitative estimate of drug-likeness (QED) is 0.170. The summed E-state index contributed by atoms with van der Waals surface area (Å²) in [5.74, 6) is 0. The molecule has 0 aliphatic rings. The van der Waals surface area contributed by atoms with Crippen molar-refractivity contribution >= 4 is 76.1 Å². The van der Waals surface area contributed by atoms with E-state index in [1.54, 1.807) is 0 Å². The summed E-state index contributed by atoms with van der Waals surface area (Å²) in [5, 5.41) is 12.0. The second-order valence-electron chi connectivity index (χ2n) is 14.7. The Labute approximate surface area is 322 Å². The Bertz CT molecular complexity index is 3430. The van der Waals surface area contributed by atoms with Gasteiger partial charge in [0.2, 0.25) is 0 Å². The molecule has 0 aliphatic carbocycles. The fourth-order valence-electron chi connectivity index (χ4n) is 9.05. The van der Waals surface area contributed by atoms with Crippen LogP contribution in [0, 0.1) is 0 Å². The van der Waals surface area contributed by atoms with E-state index in [9.17, 15) is 0 Å². The van der Waals surface area contributed by atoms with Crippen LogP contribution >= 0.6 is 0 Å². The van der Waals surface area contributed by atoms with Crippen molar-refractivity contribution in [1.82, 2.24) is 9.55 Å². The summed E-state index contributed by atoms with van der Waals surface area (Å²) in [6, 6.07) is 69.4. The van der Waals surface area contributed by atoms with Gasteiger partial charge in [0.15, 0.2) is 0 Å². The molecule has 0 radical (unpaired) electrons. The predicted molar refractivity (Wildman–Crippen MR) is 235 cm³/mol. The molecule has 3 heterocycles. The number of hydrogen-bond acceptors (Lipinski definition) is 2. The van der Waals surface area contributed by atoms with E-state index in [0.29, 0.717) is 0 Å². The molecule has 0 N–H and O–H groups in total. The van der Waals surface area contributed by atoms with Gasteiger partial charge in [-0.1, -0.05) is 146 Å². The molecule has 0 saturated carbocycles. The molecule has 9 aromatic carbocycles. The Morgan fingerprint density at radius 2 is 0.893 bits per heavy atom. The second-order valence-corrected chi connectivity index (χ2v) is 14.7. The predicted octanol–water partition coefficient (Wildman–Crippen LogP) is 14.5. The Morgan fingerprint density at radius 1 is 0.339 bits per heavy atom. The molecule has 0 saturated heterocycles. The van der Waals surface area contributed by atoms with E-state index >= 15 is 0 Å². The van der Waals surface area contributed by atoms with Crippen molar-refractivity contribution in [2.45, 2.75) is 0 Å². The van der Waals surface area contributed by atoms with Crippen LogP contribution in [0.4, 0.5) is 0 Å². The molecular weight excluding hydrogens is 681 g/mol. The Morgan fingerprint density at radius 3 is 1.62 bits per heavy atom. The van der Waals surface area contributed by atoms with Crippen molar-refractivity contribution < 1.29 is 4.42 Å². The molecule has 3 aromatic heterocycles. The maximum absolute atomic E-state index is 7.12. The summed E-state index contributed by atoms with van der Waals surface area (Å²) < 4.78 is 9.52. The van der Waals surface area contributed by atoms with E-state index in [1.165, 1.54) is 32.3 Å². The average Bonchev–Trinajstić information content (AvgIpc) is 3.83. The summed E-state index contributed by atoms with van der Waals surface area (Å²) in [7, 11) is 0. The zero-order chi connectivity index (χ0) is 36.7. The van der Waals surface area contributed by atoms with Gasteiger partial charge >= 0.3 is 0 Å². The highest BCUT2D eigenvalue weighted by Gasteiger charge is 2.21. The first-order chi connectivity index (χ1) is 27.8. The molecule has 3 nitrogen and oxygen atoms in total. The van der Waals surface area contributed by atoms with Gasteiger partial charge in [-0.25, -0.2) is 4.98 Å². The van der Waals surface area contributed by atoms with E-state index in [-0.39, 0.29) is 0 Å². The van der Waals surface area contributed by atoms with E-state index in [1.807, 2.05) is 6.07 Å². The molecule has 0 bridgehead atoms. The van der Waals surface area contributed by atoms with Crippen LogP contribution in [0.3, 0.4) is 0 Å². The number of fused-ring (bicyclic) bond motifs is 13. The summed E-state index contributed by atoms with van der Waals surface area (Å²) in [4.78, 5) is 5.28. The molecule has 0 fully saturated rings. The zero-order valence-corrected chi connectivity index (χ0v) is 30.3. The van der Waals surface area contributed by atoms with Crippen molar-refractivity contribution in [3.8, 4) is 39.3 Å². The van der Waals surface area contributed by atoms with Gasteiger partial charge in [0.05, 0.1) is 27.8 Å². The number of aromatic nitrogens is 2. The highest BCUT2D eigenvalue weighted by Crippen LogP contribution is 2.44. The number of benzene rings is 9. The van der Waals surface area contributed by atoms with Crippen LogP contribution in [0.25, 0.3) is 115 Å². The lowest BCUT2D eigenvalue weighted by atomic mass is 9.94. The standard InChI is InChI=1S/C53H32N2O/c1-3-14-33(15-4-1)35-30-47(34-16-5-2-6-17-34)54-48(31-35)44-24-13-23-42-43-28-29-50-51(53(43)56-52(42)44)45-22-11-12-25-49(45)55(50)36-26-27-41-39-20-8-7-18-37(39)38-19-9-10-21-40(38)46(41)32-36/h1-32H. The molecular formula is C53H32N2O. The smallest absolute Gasteiger partial charge is 0.145 e. The molecule has 56 heavy (non-hydrogen) atoms. The SMILES string of the molecule is c1ccc(-c2cc(-c3ccccc3)nc(-c3cccc4c3oc3c4ccc4c3c3ccccc3n4-c3ccc4c5ccccc5c5ccccc5c4c3)c2)cc1. The normalized spacial score (nSPS) is 11.9. The van der Waals surface area contributed by atoms with Gasteiger partial charge in [0.25, 0.3) is 0 Å². The Hall–Kier alpha value is -7.49. The van der Waals surface area contributed by atoms with Crippen molar-refractivity contribution in [3.05, 3.63) is 194 Å². The molecule has 0 atom stereocenters. The maximum atomic E-state index is 7.12. The maximum Gasteiger partial charge on any atom is 0.145 e. The highest BCUT2D eigenvalue weighted by molar-refractivity contribution is 6.27. The molecule has 12 rings (SSSR count). The second kappa shape index (κ2) is 12.0. The molecule has 260 valence electrons. The number of rotatable bonds is 4. The lowest BCUT2D eigenvalue weighted by molar-refractivity contribution is 0.674. The summed E-state index contributed by atoms with van der Waals surface area (Å²) in [5.41, 5.74) is 11.2. The number of furan rings is 1. The largest absolute Gasteiger partial charge is 0.455 e. The van der Waals surface area contributed by atoms with Crippen molar-refractivity contribution in [3.63, 3.8) is 0 Å². The van der Waals surface area contributed by atoms with Crippen LogP contribution in [-0.4, -0.2) is 9.55 Å². The Kier molecular flexibility index (Phi) is 6.63. The molecule has 3 heteroatoms. The van der Waals surface area contributed by atoms with Gasteiger partial charge in [0.1, 0.15) is 11.2 Å². The monoisotopic (exact) mass is 712 g/mol. The Balaban J connectivity index is 1.11. The molecule has 0 unspecified atom stereocenters. The third-order valence-electron chi connectivity index (χ3n) is 11.6. The number of pyridine rings is 1. The van der Waals surface area contributed by atoms with Crippen molar-refractivity contribution in [1.29, 1.82) is 0 Å². The molecule has 12 aromatic rings. The molecule has 0 spiro atoms. The third kappa shape index (κ3) is 4.55. The lowest BCUT2D eigenvalue weighted by Crippen LogP contribution is -1.94. The van der Waals surface area contributed by atoms with Gasteiger partial charge in [-0.2, -0.15) is 0 Å². The van der Waals surface area contributed by atoms with Gasteiger partial charge in [-0.05, 0) is 92.0 Å². The third-order valence-corrected chi connectivity index (χ3v) is 11.6. The highest BCUT2D eigenvalue weighted by atomic mass is 16.3. The fourth-order valence-corrected chi connectivity index (χ4v) is 9.05. The van der Waals surface area contributed by atoms with Crippen molar-refractivity contribution in [2.24, 2.45) is 0 Å². The van der Waals surface area contributed by atoms with Gasteiger partial charge in [-0.3, -0.25) is 0 Å². The number of nitrogens with zero attached hydrogens (tertiary/aromatic N) is 2. The van der Waals surface area contributed by atoms with Crippen LogP contribution in [-0.2, 0) is 0 Å². The number of hydrogen-bond donors (Lipinski definition) is 0. The van der Waals surface area contributed by atoms with Gasteiger partial charge < -0.3 is 8.98 Å². The molecule has 0 amide bonds. The minimum Gasteiger partial charge on any atom is -0.455 e. The van der Waals surface area contributed by atoms with Crippen LogP contribution in [0.15, 0.2) is 199 Å². The fraction of sp³-hybridized carbons (Fsp3) is 0. The first kappa shape index (κ1) is 30.9. The van der Waals surface area contributed by atoms with Crippen LogP contribution in [0.1, 0.15) is 0 Å². The minimum atomic E-state index is 0.840. The van der Waals surface area contributed by atoms with Crippen LogP contribution in [0.2, 0.25) is 0 Å². The average molecular weight is 713 g/mol. The zero-order valence-electron chi connectivity index (χ0n) is 30.3. The van der Waals surface area contributed by atoms with E-state index in [2.05, 4.69) is 193 Å². The van der Waals surface area contributed by atoms with E-state index in [0.717, 1.165) is 83.1 Å². The van der Waals surface area contributed by atoms with Crippen LogP contribution < -0.4 is 0 Å². The summed E-state index contributed by atoms with van der Waals surface area (Å²) >= 11 is 0. The van der Waals surface area contributed by atoms with E-state index in [4.69, 9.17) is 9.40 Å². The van der Waals surface area contributed by atoms with Gasteiger partial charge in [0, 0.05) is 33.0 Å². The van der Waals surface area contributed by atoms with Crippen LogP contribution in [0.5, 0.6) is 0 Å². The number of para-hydroxylation sites is 2. The minimum absolute atomic E-state index is 0.840. The van der Waals surface area contributed by atoms with Gasteiger partial charge in [-0.15, -0.1) is 0 Å². The topological polar surface area (TPSA) is 31.0 Å². The summed E-state index contributed by atoms with van der Waals surface area (Å²) in [6.07, 6.45) is 0. The molecule has 0 aliphatic heterocycles. The van der Waals surface area contributed by atoms with E-state index < -0.39 is 0 Å². The summed E-state index contributed by atoms with van der Waals surface area (Å²) in [6.45, 7) is 0. The first-order valence-electron chi connectivity index (χ1n) is 19.1. The lowest BCUT2D eigenvalue weighted by Gasteiger charge is -2.13. The first-order valence-corrected chi connectivity index (χ1v) is 19.1. The van der Waals surface area contributed by atoms with Crippen molar-refractivity contribution in [2.75, 3.05) is 0 Å².